The van der Waals surface area contributed by atoms with Crippen molar-refractivity contribution in [2.45, 2.75) is 37.9 Å². The molecule has 0 saturated carbocycles. The van der Waals surface area contributed by atoms with Gasteiger partial charge in [0, 0.05) is 13.1 Å². The van der Waals surface area contributed by atoms with E-state index in [1.807, 2.05) is 29.2 Å². The van der Waals surface area contributed by atoms with Crippen molar-refractivity contribution < 1.29 is 4.79 Å². The molecule has 1 saturated heterocycles. The van der Waals surface area contributed by atoms with Crippen molar-refractivity contribution in [3.8, 4) is 0 Å². The van der Waals surface area contributed by atoms with E-state index in [1.54, 1.807) is 11.8 Å². The van der Waals surface area contributed by atoms with Gasteiger partial charge in [0.15, 0.2) is 0 Å². The Morgan fingerprint density at radius 2 is 2.00 bits per heavy atom. The number of aromatic amines is 1. The Hall–Kier alpha value is -1.49. The predicted molar refractivity (Wildman–Crippen MR) is 92.0 cm³/mol. The lowest BCUT2D eigenvalue weighted by atomic mass is 10.2. The lowest BCUT2D eigenvalue weighted by molar-refractivity contribution is -0.128. The van der Waals surface area contributed by atoms with Crippen LogP contribution in [-0.4, -0.2) is 39.6 Å². The van der Waals surface area contributed by atoms with Gasteiger partial charge in [-0.25, -0.2) is 4.98 Å². The number of carbonyl (C=O) groups excluding carboxylic acids is 1. The van der Waals surface area contributed by atoms with Crippen LogP contribution in [0.3, 0.4) is 0 Å². The molecule has 22 heavy (non-hydrogen) atoms. The van der Waals surface area contributed by atoms with E-state index in [-0.39, 0.29) is 11.2 Å². The highest BCUT2D eigenvalue weighted by atomic mass is 32.2. The molecule has 1 aliphatic rings. The lowest BCUT2D eigenvalue weighted by Crippen LogP contribution is -2.33. The fourth-order valence-electron chi connectivity index (χ4n) is 2.85. The summed E-state index contributed by atoms with van der Waals surface area (Å²) >= 11 is 1.67. The second-order valence-electron chi connectivity index (χ2n) is 5.89. The molecule has 1 aromatic carbocycles. The molecule has 0 bridgehead atoms. The number of amides is 1. The Balaban J connectivity index is 1.57. The molecule has 1 atom stereocenters. The molecule has 0 spiro atoms. The predicted octanol–water partition coefficient (Wildman–Crippen LogP) is 3.76. The molecule has 1 N–H and O–H groups in total. The van der Waals surface area contributed by atoms with Crippen LogP contribution in [0.15, 0.2) is 24.3 Å². The van der Waals surface area contributed by atoms with Gasteiger partial charge in [0.25, 0.3) is 0 Å². The second kappa shape index (κ2) is 7.18. The van der Waals surface area contributed by atoms with Gasteiger partial charge in [0.1, 0.15) is 5.82 Å². The number of hydrogen-bond acceptors (Lipinski definition) is 3. The van der Waals surface area contributed by atoms with Crippen LogP contribution in [-0.2, 0) is 4.79 Å². The Morgan fingerprint density at radius 1 is 1.27 bits per heavy atom. The minimum atomic E-state index is 0.198. The first kappa shape index (κ1) is 15.4. The van der Waals surface area contributed by atoms with Crippen LogP contribution >= 0.6 is 11.8 Å². The Kier molecular flexibility index (Phi) is 5.03. The van der Waals surface area contributed by atoms with Gasteiger partial charge in [0.2, 0.25) is 5.91 Å². The number of carbonyl (C=O) groups is 1. The standard InChI is InChI=1S/C17H23N3OS/c1-13(17-18-14-8-4-5-9-15(14)19-17)22-12-16(21)20-10-6-2-3-7-11-20/h4-5,8-9,13H,2-3,6-7,10-12H2,1H3,(H,18,19). The third-order valence-electron chi connectivity index (χ3n) is 4.21. The van der Waals surface area contributed by atoms with Crippen molar-refractivity contribution >= 4 is 28.7 Å². The van der Waals surface area contributed by atoms with Crippen LogP contribution in [0.4, 0.5) is 0 Å². The summed E-state index contributed by atoms with van der Waals surface area (Å²) in [5.74, 6) is 1.77. The molecular weight excluding hydrogens is 294 g/mol. The van der Waals surface area contributed by atoms with Crippen molar-refractivity contribution in [3.63, 3.8) is 0 Å². The van der Waals surface area contributed by atoms with E-state index in [0.29, 0.717) is 5.75 Å². The van der Waals surface area contributed by atoms with Gasteiger partial charge in [0.05, 0.1) is 22.0 Å². The van der Waals surface area contributed by atoms with Crippen LogP contribution in [0.5, 0.6) is 0 Å². The SMILES string of the molecule is CC(SCC(=O)N1CCCCCC1)c1nc2ccccc2[nH]1. The minimum Gasteiger partial charge on any atom is -0.342 e. The van der Waals surface area contributed by atoms with E-state index in [1.165, 1.54) is 12.8 Å². The number of aromatic nitrogens is 2. The van der Waals surface area contributed by atoms with E-state index < -0.39 is 0 Å². The zero-order chi connectivity index (χ0) is 15.4. The number of para-hydroxylation sites is 2. The molecule has 1 amide bonds. The summed E-state index contributed by atoms with van der Waals surface area (Å²) in [5, 5.41) is 0.198. The number of imidazole rings is 1. The van der Waals surface area contributed by atoms with Crippen molar-refractivity contribution in [3.05, 3.63) is 30.1 Å². The number of thioether (sulfide) groups is 1. The fourth-order valence-corrected chi connectivity index (χ4v) is 3.70. The van der Waals surface area contributed by atoms with E-state index in [2.05, 4.69) is 16.9 Å². The van der Waals surface area contributed by atoms with E-state index in [0.717, 1.165) is 42.8 Å². The fraction of sp³-hybridized carbons (Fsp3) is 0.529. The molecule has 3 rings (SSSR count). The average Bonchev–Trinajstić information content (AvgIpc) is 2.78. The number of hydrogen-bond donors (Lipinski definition) is 1. The van der Waals surface area contributed by atoms with Gasteiger partial charge in [-0.3, -0.25) is 4.79 Å². The Morgan fingerprint density at radius 3 is 2.73 bits per heavy atom. The minimum absolute atomic E-state index is 0.198. The van der Waals surface area contributed by atoms with Crippen molar-refractivity contribution in [2.75, 3.05) is 18.8 Å². The van der Waals surface area contributed by atoms with Crippen molar-refractivity contribution in [1.82, 2.24) is 14.9 Å². The summed E-state index contributed by atoms with van der Waals surface area (Å²) in [4.78, 5) is 22.3. The molecule has 1 aliphatic heterocycles. The third kappa shape index (κ3) is 3.64. The maximum absolute atomic E-state index is 12.3. The molecule has 5 heteroatoms. The third-order valence-corrected chi connectivity index (χ3v) is 5.35. The first-order valence-corrected chi connectivity index (χ1v) is 9.13. The van der Waals surface area contributed by atoms with Crippen LogP contribution in [0.1, 0.15) is 43.7 Å². The number of nitrogens with one attached hydrogen (secondary N) is 1. The number of fused-ring (bicyclic) bond motifs is 1. The van der Waals surface area contributed by atoms with E-state index in [9.17, 15) is 4.79 Å². The number of nitrogens with zero attached hydrogens (tertiary/aromatic N) is 2. The highest BCUT2D eigenvalue weighted by molar-refractivity contribution is 8.00. The number of benzene rings is 1. The van der Waals surface area contributed by atoms with Gasteiger partial charge in [-0.05, 0) is 31.9 Å². The molecule has 118 valence electrons. The van der Waals surface area contributed by atoms with Crippen LogP contribution < -0.4 is 0 Å². The monoisotopic (exact) mass is 317 g/mol. The summed E-state index contributed by atoms with van der Waals surface area (Å²) in [5.41, 5.74) is 2.05. The first-order valence-electron chi connectivity index (χ1n) is 8.08. The molecule has 0 radical (unpaired) electrons. The van der Waals surface area contributed by atoms with E-state index in [4.69, 9.17) is 0 Å². The topological polar surface area (TPSA) is 49.0 Å². The Bertz CT molecular complexity index is 599. The Labute approximate surface area is 135 Å². The number of likely N-dealkylation sites (tertiary alicyclic amines) is 1. The van der Waals surface area contributed by atoms with Gasteiger partial charge < -0.3 is 9.88 Å². The normalized spacial score (nSPS) is 17.4. The zero-order valence-corrected chi connectivity index (χ0v) is 13.9. The number of rotatable bonds is 4. The second-order valence-corrected chi connectivity index (χ2v) is 7.22. The summed E-state index contributed by atoms with van der Waals surface area (Å²) in [6, 6.07) is 8.04. The van der Waals surface area contributed by atoms with Gasteiger partial charge >= 0.3 is 0 Å². The van der Waals surface area contributed by atoms with Crippen LogP contribution in [0, 0.1) is 0 Å². The summed E-state index contributed by atoms with van der Waals surface area (Å²) in [6.07, 6.45) is 4.81. The molecule has 2 heterocycles. The zero-order valence-electron chi connectivity index (χ0n) is 13.0. The summed E-state index contributed by atoms with van der Waals surface area (Å²) in [6.45, 7) is 3.97. The lowest BCUT2D eigenvalue weighted by Gasteiger charge is -2.20. The molecule has 4 nitrogen and oxygen atoms in total. The number of H-pyrrole nitrogens is 1. The highest BCUT2D eigenvalue weighted by Gasteiger charge is 2.18. The van der Waals surface area contributed by atoms with Crippen molar-refractivity contribution in [2.24, 2.45) is 0 Å². The van der Waals surface area contributed by atoms with Crippen molar-refractivity contribution in [1.29, 1.82) is 0 Å². The van der Waals surface area contributed by atoms with Gasteiger partial charge in [-0.2, -0.15) is 0 Å². The molecule has 1 fully saturated rings. The molecule has 0 aliphatic carbocycles. The van der Waals surface area contributed by atoms with Gasteiger partial charge in [-0.15, -0.1) is 11.8 Å². The summed E-state index contributed by atoms with van der Waals surface area (Å²) in [7, 11) is 0. The molecule has 1 unspecified atom stereocenters. The smallest absolute Gasteiger partial charge is 0.232 e. The molecular formula is C17H23N3OS. The van der Waals surface area contributed by atoms with E-state index >= 15 is 0 Å². The van der Waals surface area contributed by atoms with Crippen LogP contribution in [0.2, 0.25) is 0 Å². The van der Waals surface area contributed by atoms with Gasteiger partial charge in [-0.1, -0.05) is 25.0 Å². The molecule has 1 aromatic heterocycles. The first-order chi connectivity index (χ1) is 10.7. The largest absolute Gasteiger partial charge is 0.342 e. The highest BCUT2D eigenvalue weighted by Crippen LogP contribution is 2.28. The molecule has 2 aromatic rings. The maximum atomic E-state index is 12.3. The maximum Gasteiger partial charge on any atom is 0.232 e. The van der Waals surface area contributed by atoms with Crippen LogP contribution in [0.25, 0.3) is 11.0 Å². The quantitative estimate of drug-likeness (QED) is 0.934. The average molecular weight is 317 g/mol. The summed E-state index contributed by atoms with van der Waals surface area (Å²) < 4.78 is 0.